The van der Waals surface area contributed by atoms with Crippen molar-refractivity contribution in [3.8, 4) is 0 Å². The number of esters is 1. The molecule has 6 heteroatoms. The summed E-state index contributed by atoms with van der Waals surface area (Å²) in [5.41, 5.74) is 6.48. The van der Waals surface area contributed by atoms with Crippen molar-refractivity contribution in [3.05, 3.63) is 41.3 Å². The Morgan fingerprint density at radius 2 is 1.95 bits per heavy atom. The minimum Gasteiger partial charge on any atom is -0.465 e. The summed E-state index contributed by atoms with van der Waals surface area (Å²) in [6.45, 7) is 3.73. The Morgan fingerprint density at radius 1 is 1.37 bits per heavy atom. The average molecular weight is 267 g/mol. The van der Waals surface area contributed by atoms with Crippen molar-refractivity contribution < 1.29 is 13.9 Å². The summed E-state index contributed by atoms with van der Waals surface area (Å²) in [5, 5.41) is 1.40. The van der Waals surface area contributed by atoms with E-state index in [0.29, 0.717) is 11.3 Å². The normalized spacial score (nSPS) is 11.6. The summed E-state index contributed by atoms with van der Waals surface area (Å²) in [6.07, 6.45) is 1.27. The molecule has 1 aromatic carbocycles. The van der Waals surface area contributed by atoms with E-state index in [1.807, 2.05) is 13.8 Å². The van der Waals surface area contributed by atoms with Gasteiger partial charge in [0.1, 0.15) is 5.82 Å². The highest BCUT2D eigenvalue weighted by atomic mass is 19.1. The van der Waals surface area contributed by atoms with E-state index in [4.69, 9.17) is 11.6 Å². The molecule has 0 fully saturated rings. The van der Waals surface area contributed by atoms with E-state index in [1.54, 1.807) is 0 Å². The van der Waals surface area contributed by atoms with Crippen LogP contribution in [0.15, 0.2) is 24.4 Å². The molecule has 0 spiro atoms. The summed E-state index contributed by atoms with van der Waals surface area (Å²) < 4.78 is 18.1. The van der Waals surface area contributed by atoms with Crippen LogP contribution in [-0.4, -0.2) is 24.1 Å². The summed E-state index contributed by atoms with van der Waals surface area (Å²) in [5.74, 6) is 4.68. The molecule has 0 saturated heterocycles. The van der Waals surface area contributed by atoms with Crippen LogP contribution in [0.4, 0.5) is 4.39 Å². The molecule has 0 amide bonds. The van der Waals surface area contributed by atoms with Gasteiger partial charge in [0.25, 0.3) is 0 Å². The van der Waals surface area contributed by atoms with Gasteiger partial charge in [0.05, 0.1) is 18.4 Å². The van der Waals surface area contributed by atoms with Gasteiger partial charge in [-0.1, -0.05) is 0 Å². The Labute approximate surface area is 111 Å². The van der Waals surface area contributed by atoms with E-state index < -0.39 is 11.8 Å². The third kappa shape index (κ3) is 3.45. The predicted octanol–water partition coefficient (Wildman–Crippen LogP) is 1.45. The highest BCUT2D eigenvalue weighted by Gasteiger charge is 2.15. The lowest BCUT2D eigenvalue weighted by Crippen LogP contribution is -2.36. The van der Waals surface area contributed by atoms with Gasteiger partial charge in [-0.2, -0.15) is 0 Å². The van der Waals surface area contributed by atoms with Gasteiger partial charge in [-0.05, 0) is 32.0 Å². The van der Waals surface area contributed by atoms with Gasteiger partial charge in [0, 0.05) is 17.8 Å². The molecule has 0 saturated carbocycles. The maximum absolute atomic E-state index is 13.6. The molecule has 104 valence electrons. The number of methoxy groups -OCH3 is 1. The lowest BCUT2D eigenvalue weighted by Gasteiger charge is -2.26. The number of halogens is 1. The minimum absolute atomic E-state index is 0.0281. The van der Waals surface area contributed by atoms with Crippen molar-refractivity contribution in [3.63, 3.8) is 0 Å². The summed E-state index contributed by atoms with van der Waals surface area (Å²) in [4.78, 5) is 11.4. The molecule has 0 atom stereocenters. The number of carbonyl (C=O) groups is 1. The van der Waals surface area contributed by atoms with Gasteiger partial charge in [-0.3, -0.25) is 0 Å². The summed E-state index contributed by atoms with van der Waals surface area (Å²) in [7, 11) is 1.23. The van der Waals surface area contributed by atoms with E-state index in [-0.39, 0.29) is 11.6 Å². The smallest absolute Gasteiger partial charge is 0.337 e. The first-order valence-electron chi connectivity index (χ1n) is 5.75. The van der Waals surface area contributed by atoms with Gasteiger partial charge >= 0.3 is 5.97 Å². The topological polar surface area (TPSA) is 81.6 Å². The monoisotopic (exact) mass is 267 g/mol. The molecule has 0 aliphatic rings. The summed E-state index contributed by atoms with van der Waals surface area (Å²) >= 11 is 0. The third-order valence-corrected chi connectivity index (χ3v) is 2.61. The Balaban J connectivity index is 3.26. The fourth-order valence-electron chi connectivity index (χ4n) is 1.58. The number of nitrogens with two attached hydrogens (primary N) is 2. The molecule has 1 aromatic rings. The molecule has 0 aliphatic heterocycles. The number of hydrogen-bond acceptors (Lipinski definition) is 5. The third-order valence-electron chi connectivity index (χ3n) is 2.61. The van der Waals surface area contributed by atoms with E-state index in [2.05, 4.69) is 4.74 Å². The number of hydrogen-bond donors (Lipinski definition) is 2. The SMILES string of the molecule is COC(=O)c1cc(F)cc(/C(=C/N)N(N)C(C)C)c1. The largest absolute Gasteiger partial charge is 0.465 e. The molecular formula is C13H18FN3O2. The maximum atomic E-state index is 13.6. The molecule has 5 nitrogen and oxygen atoms in total. The second-order valence-corrected chi connectivity index (χ2v) is 4.27. The second kappa shape index (κ2) is 6.19. The van der Waals surface area contributed by atoms with Gasteiger partial charge < -0.3 is 15.5 Å². The zero-order valence-electron chi connectivity index (χ0n) is 11.2. The number of rotatable bonds is 4. The van der Waals surface area contributed by atoms with E-state index in [1.165, 1.54) is 30.5 Å². The Bertz CT molecular complexity index is 501. The van der Waals surface area contributed by atoms with Gasteiger partial charge in [0.15, 0.2) is 0 Å². The number of ether oxygens (including phenoxy) is 1. The average Bonchev–Trinajstić information content (AvgIpc) is 2.37. The molecule has 0 radical (unpaired) electrons. The first kappa shape index (κ1) is 15.0. The molecule has 19 heavy (non-hydrogen) atoms. The molecular weight excluding hydrogens is 249 g/mol. The lowest BCUT2D eigenvalue weighted by atomic mass is 10.1. The maximum Gasteiger partial charge on any atom is 0.337 e. The Hall–Kier alpha value is -2.08. The quantitative estimate of drug-likeness (QED) is 0.490. The number of benzene rings is 1. The first-order valence-corrected chi connectivity index (χ1v) is 5.75. The fraction of sp³-hybridized carbons (Fsp3) is 0.308. The van der Waals surface area contributed by atoms with Crippen molar-refractivity contribution in [2.45, 2.75) is 19.9 Å². The van der Waals surface area contributed by atoms with Crippen LogP contribution in [0, 0.1) is 5.82 Å². The van der Waals surface area contributed by atoms with Crippen LogP contribution in [0.1, 0.15) is 29.8 Å². The zero-order chi connectivity index (χ0) is 14.6. The van der Waals surface area contributed by atoms with Gasteiger partial charge in [-0.25, -0.2) is 15.0 Å². The van der Waals surface area contributed by atoms with E-state index in [9.17, 15) is 9.18 Å². The first-order chi connectivity index (χ1) is 8.90. The zero-order valence-corrected chi connectivity index (χ0v) is 11.2. The number of carbonyl (C=O) groups excluding carboxylic acids is 1. The fourth-order valence-corrected chi connectivity index (χ4v) is 1.58. The lowest BCUT2D eigenvalue weighted by molar-refractivity contribution is 0.0600. The van der Waals surface area contributed by atoms with Crippen molar-refractivity contribution >= 4 is 11.7 Å². The summed E-state index contributed by atoms with van der Waals surface area (Å²) in [6, 6.07) is 3.81. The van der Waals surface area contributed by atoms with Crippen LogP contribution in [0.2, 0.25) is 0 Å². The number of nitrogens with zero attached hydrogens (tertiary/aromatic N) is 1. The van der Waals surface area contributed by atoms with Crippen LogP contribution in [0.5, 0.6) is 0 Å². The Morgan fingerprint density at radius 3 is 2.42 bits per heavy atom. The molecule has 0 aromatic heterocycles. The van der Waals surface area contributed by atoms with Crippen LogP contribution in [-0.2, 0) is 4.74 Å². The van der Waals surface area contributed by atoms with Crippen molar-refractivity contribution in [2.24, 2.45) is 11.6 Å². The van der Waals surface area contributed by atoms with Gasteiger partial charge in [-0.15, -0.1) is 0 Å². The highest BCUT2D eigenvalue weighted by molar-refractivity contribution is 5.90. The number of hydrazine groups is 1. The molecule has 0 heterocycles. The standard InChI is InChI=1S/C13H18FN3O2/c1-8(2)17(16)12(7-15)9-4-10(13(18)19-3)6-11(14)5-9/h4-8H,15-16H2,1-3H3/b12-7-. The van der Waals surface area contributed by atoms with Crippen LogP contribution in [0.25, 0.3) is 5.70 Å². The van der Waals surface area contributed by atoms with E-state index >= 15 is 0 Å². The van der Waals surface area contributed by atoms with Crippen LogP contribution >= 0.6 is 0 Å². The predicted molar refractivity (Wildman–Crippen MR) is 71.1 cm³/mol. The highest BCUT2D eigenvalue weighted by Crippen LogP contribution is 2.21. The van der Waals surface area contributed by atoms with Crippen molar-refractivity contribution in [1.29, 1.82) is 0 Å². The second-order valence-electron chi connectivity index (χ2n) is 4.27. The van der Waals surface area contributed by atoms with Gasteiger partial charge in [0.2, 0.25) is 0 Å². The molecule has 4 N–H and O–H groups in total. The molecule has 0 unspecified atom stereocenters. The van der Waals surface area contributed by atoms with E-state index in [0.717, 1.165) is 6.07 Å². The molecule has 0 aliphatic carbocycles. The van der Waals surface area contributed by atoms with Crippen LogP contribution < -0.4 is 11.6 Å². The van der Waals surface area contributed by atoms with Crippen LogP contribution in [0.3, 0.4) is 0 Å². The van der Waals surface area contributed by atoms with Crippen molar-refractivity contribution in [2.75, 3.05) is 7.11 Å². The minimum atomic E-state index is -0.620. The Kier molecular flexibility index (Phi) is 4.88. The van der Waals surface area contributed by atoms with Crippen molar-refractivity contribution in [1.82, 2.24) is 5.01 Å². The molecule has 0 bridgehead atoms. The molecule has 1 rings (SSSR count).